The summed E-state index contributed by atoms with van der Waals surface area (Å²) in [6.07, 6.45) is 1.04. The first kappa shape index (κ1) is 15.1. The summed E-state index contributed by atoms with van der Waals surface area (Å²) >= 11 is 0. The van der Waals surface area contributed by atoms with E-state index in [-0.39, 0.29) is 0 Å². The van der Waals surface area contributed by atoms with Gasteiger partial charge in [-0.3, -0.25) is 4.99 Å². The third-order valence-electron chi connectivity index (χ3n) is 2.75. The second kappa shape index (κ2) is 8.28. The van der Waals surface area contributed by atoms with Crippen LogP contribution in [0.2, 0.25) is 0 Å². The second-order valence-electron chi connectivity index (χ2n) is 4.14. The summed E-state index contributed by atoms with van der Waals surface area (Å²) in [5.41, 5.74) is 0. The fourth-order valence-electron chi connectivity index (χ4n) is 1.43. The van der Waals surface area contributed by atoms with Crippen molar-refractivity contribution in [2.75, 3.05) is 33.7 Å². The number of nitrogens with zero attached hydrogens (tertiary/aromatic N) is 4. The number of likely N-dealkylation sites (N-methyl/N-ethyl adjacent to an activating group) is 2. The summed E-state index contributed by atoms with van der Waals surface area (Å²) < 4.78 is 0. The highest BCUT2D eigenvalue weighted by atomic mass is 15.3. The van der Waals surface area contributed by atoms with Crippen molar-refractivity contribution in [1.29, 1.82) is 0 Å². The third kappa shape index (κ3) is 5.26. The number of hydrogen-bond acceptors (Lipinski definition) is 2. The van der Waals surface area contributed by atoms with E-state index in [1.54, 1.807) is 0 Å². The Morgan fingerprint density at radius 1 is 1.31 bits per heavy atom. The first-order chi connectivity index (χ1) is 7.56. The highest BCUT2D eigenvalue weighted by Gasteiger charge is 2.12. The van der Waals surface area contributed by atoms with Gasteiger partial charge in [-0.25, -0.2) is 4.99 Å². The molecule has 0 rings (SSSR count). The molecule has 0 saturated heterocycles. The van der Waals surface area contributed by atoms with E-state index in [1.165, 1.54) is 0 Å². The van der Waals surface area contributed by atoms with Crippen molar-refractivity contribution in [1.82, 2.24) is 9.80 Å². The van der Waals surface area contributed by atoms with Gasteiger partial charge in [0.2, 0.25) is 5.96 Å². The molecule has 0 fully saturated rings. The Labute approximate surface area is 100 Å². The van der Waals surface area contributed by atoms with Crippen LogP contribution in [0.1, 0.15) is 27.2 Å². The molecule has 0 aliphatic heterocycles. The first-order valence-electron chi connectivity index (χ1n) is 5.99. The Morgan fingerprint density at radius 3 is 2.38 bits per heavy atom. The standard InChI is InChI=1S/C12H26N4/c1-7-9-14-12(13-4)16(6)10-11(3)15(5)8-2/h11H,4,7-10H2,1-3,5-6H3. The van der Waals surface area contributed by atoms with E-state index >= 15 is 0 Å². The molecular weight excluding hydrogens is 200 g/mol. The zero-order valence-electron chi connectivity index (χ0n) is 11.4. The molecule has 0 bridgehead atoms. The quantitative estimate of drug-likeness (QED) is 0.510. The monoisotopic (exact) mass is 226 g/mol. The van der Waals surface area contributed by atoms with Crippen LogP contribution in [0.15, 0.2) is 9.98 Å². The van der Waals surface area contributed by atoms with Gasteiger partial charge in [0.25, 0.3) is 0 Å². The summed E-state index contributed by atoms with van der Waals surface area (Å²) in [6, 6.07) is 0.489. The highest BCUT2D eigenvalue weighted by Crippen LogP contribution is 2.00. The highest BCUT2D eigenvalue weighted by molar-refractivity contribution is 5.83. The van der Waals surface area contributed by atoms with Crippen LogP contribution < -0.4 is 0 Å². The summed E-state index contributed by atoms with van der Waals surface area (Å²) in [7, 11) is 4.14. The van der Waals surface area contributed by atoms with Crippen molar-refractivity contribution in [2.24, 2.45) is 9.98 Å². The predicted octanol–water partition coefficient (Wildman–Crippen LogP) is 1.73. The van der Waals surface area contributed by atoms with Gasteiger partial charge in [-0.2, -0.15) is 0 Å². The van der Waals surface area contributed by atoms with Gasteiger partial charge in [-0.15, -0.1) is 0 Å². The minimum atomic E-state index is 0.489. The molecule has 4 nitrogen and oxygen atoms in total. The molecule has 0 radical (unpaired) electrons. The summed E-state index contributed by atoms with van der Waals surface area (Å²) in [5, 5.41) is 0. The van der Waals surface area contributed by atoms with E-state index < -0.39 is 0 Å². The molecule has 0 aromatic rings. The molecule has 0 aliphatic rings. The van der Waals surface area contributed by atoms with Crippen molar-refractivity contribution >= 4 is 12.7 Å². The van der Waals surface area contributed by atoms with Gasteiger partial charge in [-0.05, 0) is 33.7 Å². The fourth-order valence-corrected chi connectivity index (χ4v) is 1.43. The van der Waals surface area contributed by atoms with Crippen molar-refractivity contribution in [2.45, 2.75) is 33.2 Å². The average molecular weight is 226 g/mol. The van der Waals surface area contributed by atoms with Crippen LogP contribution in [0.3, 0.4) is 0 Å². The van der Waals surface area contributed by atoms with Gasteiger partial charge in [0.15, 0.2) is 0 Å². The van der Waals surface area contributed by atoms with Crippen LogP contribution in [-0.4, -0.2) is 62.2 Å². The smallest absolute Gasteiger partial charge is 0.219 e. The first-order valence-corrected chi connectivity index (χ1v) is 5.99. The Balaban J connectivity index is 4.30. The molecular formula is C12H26N4. The largest absolute Gasteiger partial charge is 0.343 e. The van der Waals surface area contributed by atoms with E-state index in [0.29, 0.717) is 6.04 Å². The molecule has 0 aromatic carbocycles. The van der Waals surface area contributed by atoms with Crippen molar-refractivity contribution in [3.63, 3.8) is 0 Å². The van der Waals surface area contributed by atoms with Crippen LogP contribution in [-0.2, 0) is 0 Å². The van der Waals surface area contributed by atoms with E-state index in [0.717, 1.165) is 32.0 Å². The van der Waals surface area contributed by atoms with Gasteiger partial charge in [0, 0.05) is 26.2 Å². The Bertz CT molecular complexity index is 225. The maximum atomic E-state index is 4.39. The van der Waals surface area contributed by atoms with Gasteiger partial charge in [-0.1, -0.05) is 13.8 Å². The lowest BCUT2D eigenvalue weighted by Gasteiger charge is -2.28. The maximum absolute atomic E-state index is 4.39. The molecule has 0 spiro atoms. The summed E-state index contributed by atoms with van der Waals surface area (Å²) in [5.74, 6) is 0.748. The van der Waals surface area contributed by atoms with Gasteiger partial charge < -0.3 is 9.80 Å². The maximum Gasteiger partial charge on any atom is 0.219 e. The van der Waals surface area contributed by atoms with Crippen molar-refractivity contribution < 1.29 is 0 Å². The molecule has 0 N–H and O–H groups in total. The van der Waals surface area contributed by atoms with Crippen molar-refractivity contribution in [3.05, 3.63) is 0 Å². The fraction of sp³-hybridized carbons (Fsp3) is 0.833. The second-order valence-corrected chi connectivity index (χ2v) is 4.14. The van der Waals surface area contributed by atoms with Crippen LogP contribution >= 0.6 is 0 Å². The topological polar surface area (TPSA) is 31.2 Å². The molecule has 94 valence electrons. The summed E-state index contributed by atoms with van der Waals surface area (Å²) in [4.78, 5) is 12.7. The molecule has 0 aliphatic carbocycles. The predicted molar refractivity (Wildman–Crippen MR) is 72.5 cm³/mol. The van der Waals surface area contributed by atoms with Crippen LogP contribution in [0.4, 0.5) is 0 Å². The van der Waals surface area contributed by atoms with E-state index in [2.05, 4.69) is 54.3 Å². The zero-order chi connectivity index (χ0) is 12.6. The molecule has 16 heavy (non-hydrogen) atoms. The molecule has 0 aromatic heterocycles. The van der Waals surface area contributed by atoms with Crippen LogP contribution in [0.25, 0.3) is 0 Å². The number of aliphatic imine (C=N–C) groups is 2. The molecule has 4 heteroatoms. The molecule has 1 atom stereocenters. The Kier molecular flexibility index (Phi) is 7.81. The van der Waals surface area contributed by atoms with E-state index in [4.69, 9.17) is 0 Å². The lowest BCUT2D eigenvalue weighted by molar-refractivity contribution is 0.236. The lowest BCUT2D eigenvalue weighted by Crippen LogP contribution is -2.40. The van der Waals surface area contributed by atoms with Crippen molar-refractivity contribution in [3.8, 4) is 0 Å². The van der Waals surface area contributed by atoms with Gasteiger partial charge in [0.05, 0.1) is 0 Å². The number of hydrogen-bond donors (Lipinski definition) is 0. The van der Waals surface area contributed by atoms with Crippen LogP contribution in [0, 0.1) is 0 Å². The summed E-state index contributed by atoms with van der Waals surface area (Å²) in [6.45, 7) is 12.8. The third-order valence-corrected chi connectivity index (χ3v) is 2.75. The SMILES string of the molecule is C=NC(=NCCC)N(C)CC(C)N(C)CC. The molecule has 0 saturated carbocycles. The average Bonchev–Trinajstić information content (AvgIpc) is 2.28. The van der Waals surface area contributed by atoms with Gasteiger partial charge in [0.1, 0.15) is 0 Å². The molecule has 1 unspecified atom stereocenters. The lowest BCUT2D eigenvalue weighted by atomic mass is 10.3. The number of rotatable bonds is 6. The van der Waals surface area contributed by atoms with Gasteiger partial charge >= 0.3 is 0 Å². The minimum absolute atomic E-state index is 0.489. The zero-order valence-corrected chi connectivity index (χ0v) is 11.4. The van der Waals surface area contributed by atoms with E-state index in [9.17, 15) is 0 Å². The Hall–Kier alpha value is -0.900. The Morgan fingerprint density at radius 2 is 1.94 bits per heavy atom. The van der Waals surface area contributed by atoms with Crippen LogP contribution in [0.5, 0.6) is 0 Å². The molecule has 0 amide bonds. The minimum Gasteiger partial charge on any atom is -0.343 e. The normalized spacial score (nSPS) is 14.0. The molecule has 0 heterocycles. The van der Waals surface area contributed by atoms with E-state index in [1.807, 2.05) is 7.05 Å². The number of guanidine groups is 1.